The summed E-state index contributed by atoms with van der Waals surface area (Å²) in [5, 5.41) is 4.36. The summed E-state index contributed by atoms with van der Waals surface area (Å²) in [6.07, 6.45) is 0. The van der Waals surface area contributed by atoms with E-state index < -0.39 is 11.6 Å². The second kappa shape index (κ2) is 6.46. The molecule has 0 saturated carbocycles. The van der Waals surface area contributed by atoms with E-state index in [4.69, 9.17) is 16.1 Å². The Morgan fingerprint density at radius 2 is 1.95 bits per heavy atom. The van der Waals surface area contributed by atoms with Gasteiger partial charge in [-0.05, 0) is 30.3 Å². The maximum Gasteiger partial charge on any atom is 0.237 e. The highest BCUT2D eigenvalue weighted by Gasteiger charge is 2.13. The van der Waals surface area contributed by atoms with Gasteiger partial charge in [-0.25, -0.2) is 8.78 Å². The first kappa shape index (κ1) is 15.0. The highest BCUT2D eigenvalue weighted by molar-refractivity contribution is 7.98. The lowest BCUT2D eigenvalue weighted by Gasteiger charge is -2.00. The predicted molar refractivity (Wildman–Crippen MR) is 80.7 cm³/mol. The zero-order valence-electron chi connectivity index (χ0n) is 11.1. The lowest BCUT2D eigenvalue weighted by atomic mass is 10.2. The van der Waals surface area contributed by atoms with Gasteiger partial charge in [0.25, 0.3) is 0 Å². The number of benzene rings is 2. The van der Waals surface area contributed by atoms with Crippen LogP contribution in [0.4, 0.5) is 8.78 Å². The standard InChI is InChI=1S/C15H9ClF2N2OS/c16-11-4-2-1-3-10(11)15-19-14(21-20-15)8-22-13-7-9(17)5-6-12(13)18/h1-7H,8H2. The van der Waals surface area contributed by atoms with E-state index in [1.165, 1.54) is 0 Å². The number of rotatable bonds is 4. The van der Waals surface area contributed by atoms with Crippen LogP contribution in [0.3, 0.4) is 0 Å². The first-order valence-electron chi connectivity index (χ1n) is 6.29. The summed E-state index contributed by atoms with van der Waals surface area (Å²) in [7, 11) is 0. The summed E-state index contributed by atoms with van der Waals surface area (Å²) in [4.78, 5) is 4.40. The monoisotopic (exact) mass is 338 g/mol. The fraction of sp³-hybridized carbons (Fsp3) is 0.0667. The quantitative estimate of drug-likeness (QED) is 0.630. The van der Waals surface area contributed by atoms with Crippen LogP contribution in [0.25, 0.3) is 11.4 Å². The van der Waals surface area contributed by atoms with Crippen LogP contribution in [0, 0.1) is 11.6 Å². The van der Waals surface area contributed by atoms with Gasteiger partial charge in [-0.1, -0.05) is 28.9 Å². The lowest BCUT2D eigenvalue weighted by molar-refractivity contribution is 0.391. The van der Waals surface area contributed by atoms with E-state index in [1.54, 1.807) is 18.2 Å². The molecule has 1 heterocycles. The molecule has 3 aromatic rings. The smallest absolute Gasteiger partial charge is 0.237 e. The number of hydrogen-bond donors (Lipinski definition) is 0. The van der Waals surface area contributed by atoms with E-state index in [0.717, 1.165) is 30.0 Å². The second-order valence-corrected chi connectivity index (χ2v) is 5.78. The number of aromatic nitrogens is 2. The molecule has 22 heavy (non-hydrogen) atoms. The van der Waals surface area contributed by atoms with Crippen molar-refractivity contribution in [2.24, 2.45) is 0 Å². The van der Waals surface area contributed by atoms with Crippen molar-refractivity contribution in [1.29, 1.82) is 0 Å². The first-order valence-corrected chi connectivity index (χ1v) is 7.65. The molecular formula is C15H9ClF2N2OS. The molecular weight excluding hydrogens is 330 g/mol. The van der Waals surface area contributed by atoms with Crippen LogP contribution in [0.5, 0.6) is 0 Å². The van der Waals surface area contributed by atoms with Gasteiger partial charge < -0.3 is 4.52 Å². The maximum atomic E-state index is 13.5. The molecule has 0 amide bonds. The minimum absolute atomic E-state index is 0.192. The SMILES string of the molecule is Fc1ccc(F)c(SCc2nc(-c3ccccc3Cl)no2)c1. The van der Waals surface area contributed by atoms with Gasteiger partial charge in [0.2, 0.25) is 11.7 Å². The minimum atomic E-state index is -0.494. The van der Waals surface area contributed by atoms with Crippen LogP contribution < -0.4 is 0 Å². The Balaban J connectivity index is 1.75. The number of halogens is 3. The van der Waals surface area contributed by atoms with Crippen molar-refractivity contribution in [3.05, 3.63) is 65.0 Å². The minimum Gasteiger partial charge on any atom is -0.338 e. The van der Waals surface area contributed by atoms with Crippen LogP contribution in [-0.4, -0.2) is 10.1 Å². The fourth-order valence-electron chi connectivity index (χ4n) is 1.79. The Hall–Kier alpha value is -1.92. The van der Waals surface area contributed by atoms with E-state index in [2.05, 4.69) is 10.1 Å². The van der Waals surface area contributed by atoms with Crippen LogP contribution >= 0.6 is 23.4 Å². The van der Waals surface area contributed by atoms with Crippen molar-refractivity contribution < 1.29 is 13.3 Å². The summed E-state index contributed by atoms with van der Waals surface area (Å²) < 4.78 is 31.7. The Bertz CT molecular complexity index is 810. The van der Waals surface area contributed by atoms with Crippen LogP contribution in [0.2, 0.25) is 5.02 Å². The molecule has 1 aromatic heterocycles. The third kappa shape index (κ3) is 3.28. The van der Waals surface area contributed by atoms with Crippen molar-refractivity contribution in [3.8, 4) is 11.4 Å². The normalized spacial score (nSPS) is 10.9. The van der Waals surface area contributed by atoms with E-state index in [9.17, 15) is 8.78 Å². The first-order chi connectivity index (χ1) is 10.6. The third-order valence-electron chi connectivity index (χ3n) is 2.83. The maximum absolute atomic E-state index is 13.5. The van der Waals surface area contributed by atoms with Crippen LogP contribution in [-0.2, 0) is 5.75 Å². The molecule has 0 fully saturated rings. The molecule has 0 aliphatic carbocycles. The van der Waals surface area contributed by atoms with Gasteiger partial charge in [0.1, 0.15) is 11.6 Å². The molecule has 2 aromatic carbocycles. The van der Waals surface area contributed by atoms with Crippen molar-refractivity contribution in [3.63, 3.8) is 0 Å². The predicted octanol–water partition coefficient (Wildman–Crippen LogP) is 4.96. The Morgan fingerprint density at radius 1 is 1.14 bits per heavy atom. The molecule has 0 radical (unpaired) electrons. The van der Waals surface area contributed by atoms with E-state index in [1.807, 2.05) is 6.07 Å². The van der Waals surface area contributed by atoms with Crippen LogP contribution in [0.15, 0.2) is 51.9 Å². The molecule has 0 bridgehead atoms. The van der Waals surface area contributed by atoms with Crippen LogP contribution in [0.1, 0.15) is 5.89 Å². The molecule has 0 saturated heterocycles. The van der Waals surface area contributed by atoms with Gasteiger partial charge in [-0.3, -0.25) is 0 Å². The molecule has 3 rings (SSSR count). The van der Waals surface area contributed by atoms with Gasteiger partial charge in [0.05, 0.1) is 10.8 Å². The largest absolute Gasteiger partial charge is 0.338 e. The van der Waals surface area contributed by atoms with Gasteiger partial charge in [-0.2, -0.15) is 4.98 Å². The van der Waals surface area contributed by atoms with Gasteiger partial charge in [-0.15, -0.1) is 11.8 Å². The Morgan fingerprint density at radius 3 is 2.77 bits per heavy atom. The molecule has 0 N–H and O–H groups in total. The van der Waals surface area contributed by atoms with Crippen molar-refractivity contribution in [2.75, 3.05) is 0 Å². The van der Waals surface area contributed by atoms with Gasteiger partial charge in [0.15, 0.2) is 0 Å². The summed E-state index contributed by atoms with van der Waals surface area (Å²) in [6.45, 7) is 0. The average molecular weight is 339 g/mol. The van der Waals surface area contributed by atoms with E-state index >= 15 is 0 Å². The Kier molecular flexibility index (Phi) is 4.40. The molecule has 3 nitrogen and oxygen atoms in total. The fourth-order valence-corrected chi connectivity index (χ4v) is 2.81. The van der Waals surface area contributed by atoms with E-state index in [-0.39, 0.29) is 10.6 Å². The molecule has 0 unspecified atom stereocenters. The molecule has 7 heteroatoms. The Labute approximate surface area is 134 Å². The van der Waals surface area contributed by atoms with E-state index in [0.29, 0.717) is 22.3 Å². The van der Waals surface area contributed by atoms with Crippen molar-refractivity contribution in [2.45, 2.75) is 10.6 Å². The average Bonchev–Trinajstić information content (AvgIpc) is 2.97. The van der Waals surface area contributed by atoms with Crippen molar-refractivity contribution >= 4 is 23.4 Å². The number of nitrogens with zero attached hydrogens (tertiary/aromatic N) is 2. The molecule has 0 atom stereocenters. The summed E-state index contributed by atoms with van der Waals surface area (Å²) in [6, 6.07) is 10.4. The topological polar surface area (TPSA) is 38.9 Å². The molecule has 0 spiro atoms. The summed E-state index contributed by atoms with van der Waals surface area (Å²) in [5.74, 6) is -0.0782. The zero-order chi connectivity index (χ0) is 15.5. The molecule has 112 valence electrons. The third-order valence-corrected chi connectivity index (χ3v) is 4.17. The highest BCUT2D eigenvalue weighted by Crippen LogP contribution is 2.28. The van der Waals surface area contributed by atoms with Gasteiger partial charge in [0, 0.05) is 10.5 Å². The lowest BCUT2D eigenvalue weighted by Crippen LogP contribution is -1.86. The second-order valence-electron chi connectivity index (χ2n) is 4.35. The molecule has 0 aliphatic rings. The summed E-state index contributed by atoms with van der Waals surface area (Å²) >= 11 is 7.14. The molecule has 0 aliphatic heterocycles. The number of hydrogen-bond acceptors (Lipinski definition) is 4. The van der Waals surface area contributed by atoms with Crippen molar-refractivity contribution in [1.82, 2.24) is 10.1 Å². The number of thioether (sulfide) groups is 1. The summed E-state index contributed by atoms with van der Waals surface area (Å²) in [5.41, 5.74) is 0.654. The van der Waals surface area contributed by atoms with Gasteiger partial charge >= 0.3 is 0 Å². The highest BCUT2D eigenvalue weighted by atomic mass is 35.5. The zero-order valence-corrected chi connectivity index (χ0v) is 12.7.